The quantitative estimate of drug-likeness (QED) is 0.640. The summed E-state index contributed by atoms with van der Waals surface area (Å²) in [5.74, 6) is 0.503. The van der Waals surface area contributed by atoms with Gasteiger partial charge < -0.3 is 10.1 Å². The van der Waals surface area contributed by atoms with Gasteiger partial charge in [-0.1, -0.05) is 6.92 Å². The first kappa shape index (κ1) is 14.8. The molecular weight excluding hydrogens is 260 g/mol. The van der Waals surface area contributed by atoms with E-state index in [1.54, 1.807) is 11.6 Å². The smallest absolute Gasteiger partial charge is 0.333 e. The molecule has 1 N–H and O–H groups in total. The van der Waals surface area contributed by atoms with Gasteiger partial charge in [-0.15, -0.1) is 0 Å². The van der Waals surface area contributed by atoms with E-state index in [-0.39, 0.29) is 16.7 Å². The normalized spacial score (nSPS) is 19.0. The van der Waals surface area contributed by atoms with Crippen molar-refractivity contribution >= 4 is 11.5 Å². The summed E-state index contributed by atoms with van der Waals surface area (Å²) in [6, 6.07) is 0. The zero-order valence-electron chi connectivity index (χ0n) is 12.1. The molecular formula is C13H22N4O3. The Kier molecular flexibility index (Phi) is 4.94. The molecule has 7 nitrogen and oxygen atoms in total. The Labute approximate surface area is 118 Å². The van der Waals surface area contributed by atoms with Gasteiger partial charge in [0.15, 0.2) is 0 Å². The minimum atomic E-state index is -0.363. The monoisotopic (exact) mass is 282 g/mol. The number of nitro groups is 1. The van der Waals surface area contributed by atoms with Crippen molar-refractivity contribution in [2.45, 2.75) is 52.2 Å². The fourth-order valence-electron chi connectivity index (χ4n) is 2.52. The lowest BCUT2D eigenvalue weighted by atomic mass is 10.1. The highest BCUT2D eigenvalue weighted by Crippen LogP contribution is 2.28. The molecule has 0 amide bonds. The van der Waals surface area contributed by atoms with Crippen LogP contribution in [-0.2, 0) is 11.3 Å². The van der Waals surface area contributed by atoms with Crippen molar-refractivity contribution in [1.82, 2.24) is 9.78 Å². The van der Waals surface area contributed by atoms with Crippen LogP contribution in [0.15, 0.2) is 0 Å². The molecule has 1 aromatic rings. The highest BCUT2D eigenvalue weighted by atomic mass is 16.6. The van der Waals surface area contributed by atoms with Gasteiger partial charge in [-0.05, 0) is 32.6 Å². The summed E-state index contributed by atoms with van der Waals surface area (Å²) >= 11 is 0. The summed E-state index contributed by atoms with van der Waals surface area (Å²) in [5.41, 5.74) is 0.532. The molecule has 2 rings (SSSR count). The van der Waals surface area contributed by atoms with E-state index < -0.39 is 0 Å². The van der Waals surface area contributed by atoms with Crippen molar-refractivity contribution in [1.29, 1.82) is 0 Å². The Morgan fingerprint density at radius 2 is 2.35 bits per heavy atom. The van der Waals surface area contributed by atoms with Crippen LogP contribution >= 0.6 is 0 Å². The van der Waals surface area contributed by atoms with Gasteiger partial charge in [0.25, 0.3) is 0 Å². The largest absolute Gasteiger partial charge is 0.376 e. The Hall–Kier alpha value is -1.63. The number of rotatable bonds is 6. The molecule has 0 aliphatic carbocycles. The zero-order valence-corrected chi connectivity index (χ0v) is 12.1. The Bertz CT molecular complexity index is 466. The van der Waals surface area contributed by atoms with Crippen LogP contribution in [0.4, 0.5) is 11.5 Å². The van der Waals surface area contributed by atoms with Gasteiger partial charge >= 0.3 is 5.69 Å². The van der Waals surface area contributed by atoms with Crippen molar-refractivity contribution in [2.75, 3.05) is 18.5 Å². The number of nitrogens with one attached hydrogen (secondary N) is 1. The molecule has 1 fully saturated rings. The Morgan fingerprint density at radius 1 is 1.55 bits per heavy atom. The third kappa shape index (κ3) is 3.27. The third-order valence-corrected chi connectivity index (χ3v) is 3.48. The molecule has 112 valence electrons. The van der Waals surface area contributed by atoms with Crippen molar-refractivity contribution < 1.29 is 9.66 Å². The fourth-order valence-corrected chi connectivity index (χ4v) is 2.52. The first-order chi connectivity index (χ1) is 9.63. The number of anilines is 1. The second kappa shape index (κ2) is 6.69. The molecule has 0 radical (unpaired) electrons. The summed E-state index contributed by atoms with van der Waals surface area (Å²) in [7, 11) is 0. The van der Waals surface area contributed by atoms with Crippen molar-refractivity contribution in [3.8, 4) is 0 Å². The van der Waals surface area contributed by atoms with Gasteiger partial charge in [0.05, 0.1) is 11.0 Å². The van der Waals surface area contributed by atoms with Gasteiger partial charge in [-0.25, -0.2) is 4.68 Å². The van der Waals surface area contributed by atoms with Crippen LogP contribution in [0, 0.1) is 17.0 Å². The van der Waals surface area contributed by atoms with Crippen molar-refractivity contribution in [2.24, 2.45) is 0 Å². The lowest BCUT2D eigenvalue weighted by molar-refractivity contribution is -0.384. The van der Waals surface area contributed by atoms with Gasteiger partial charge in [-0.2, -0.15) is 5.10 Å². The van der Waals surface area contributed by atoms with Crippen LogP contribution in [0.2, 0.25) is 0 Å². The molecule has 20 heavy (non-hydrogen) atoms. The molecule has 0 saturated carbocycles. The first-order valence-electron chi connectivity index (χ1n) is 7.20. The second-order valence-electron chi connectivity index (χ2n) is 5.13. The van der Waals surface area contributed by atoms with Crippen molar-refractivity contribution in [3.63, 3.8) is 0 Å². The number of aromatic nitrogens is 2. The Balaban J connectivity index is 2.12. The summed E-state index contributed by atoms with van der Waals surface area (Å²) in [6.45, 7) is 5.74. The van der Waals surface area contributed by atoms with E-state index in [1.165, 1.54) is 0 Å². The number of hydrogen-bond donors (Lipinski definition) is 1. The lowest BCUT2D eigenvalue weighted by Crippen LogP contribution is -2.28. The van der Waals surface area contributed by atoms with Gasteiger partial charge in [0, 0.05) is 19.7 Å². The predicted octanol–water partition coefficient (Wildman–Crippen LogP) is 2.49. The maximum Gasteiger partial charge on any atom is 0.333 e. The fraction of sp³-hybridized carbons (Fsp3) is 0.769. The standard InChI is InChI=1S/C13H22N4O3/c1-3-7-16-13(12(17(18)19)10(2)15-16)14-9-11-6-4-5-8-20-11/h11,14H,3-9H2,1-2H3. The zero-order chi connectivity index (χ0) is 14.5. The summed E-state index contributed by atoms with van der Waals surface area (Å²) in [4.78, 5) is 10.8. The van der Waals surface area contributed by atoms with Crippen LogP contribution in [0.25, 0.3) is 0 Å². The second-order valence-corrected chi connectivity index (χ2v) is 5.13. The highest BCUT2D eigenvalue weighted by Gasteiger charge is 2.26. The topological polar surface area (TPSA) is 82.2 Å². The molecule has 0 aromatic carbocycles. The maximum atomic E-state index is 11.2. The molecule has 1 unspecified atom stereocenters. The molecule has 0 spiro atoms. The average molecular weight is 282 g/mol. The molecule has 1 aromatic heterocycles. The van der Waals surface area contributed by atoms with Crippen LogP contribution < -0.4 is 5.32 Å². The third-order valence-electron chi connectivity index (χ3n) is 3.48. The minimum Gasteiger partial charge on any atom is -0.376 e. The van der Waals surface area contributed by atoms with E-state index in [4.69, 9.17) is 4.74 Å². The van der Waals surface area contributed by atoms with E-state index in [9.17, 15) is 10.1 Å². The number of aryl methyl sites for hydroxylation is 2. The van der Waals surface area contributed by atoms with E-state index >= 15 is 0 Å². The van der Waals surface area contributed by atoms with E-state index in [2.05, 4.69) is 10.4 Å². The van der Waals surface area contributed by atoms with E-state index in [0.717, 1.165) is 32.3 Å². The maximum absolute atomic E-state index is 11.2. The van der Waals surface area contributed by atoms with Gasteiger partial charge in [0.1, 0.15) is 5.69 Å². The predicted molar refractivity (Wildman–Crippen MR) is 76.0 cm³/mol. The summed E-state index contributed by atoms with van der Waals surface area (Å²) in [5, 5.41) is 18.6. The summed E-state index contributed by atoms with van der Waals surface area (Å²) < 4.78 is 7.34. The molecule has 1 aliphatic heterocycles. The average Bonchev–Trinajstić information content (AvgIpc) is 2.74. The van der Waals surface area contributed by atoms with Gasteiger partial charge in [-0.3, -0.25) is 10.1 Å². The van der Waals surface area contributed by atoms with Crippen LogP contribution in [0.1, 0.15) is 38.3 Å². The molecule has 1 atom stereocenters. The van der Waals surface area contributed by atoms with Crippen LogP contribution in [-0.4, -0.2) is 34.0 Å². The molecule has 1 aliphatic rings. The number of hydrogen-bond acceptors (Lipinski definition) is 5. The Morgan fingerprint density at radius 3 is 2.95 bits per heavy atom. The number of nitrogens with zero attached hydrogens (tertiary/aromatic N) is 3. The lowest BCUT2D eigenvalue weighted by Gasteiger charge is -2.23. The van der Waals surface area contributed by atoms with Gasteiger partial charge in [0.2, 0.25) is 5.82 Å². The number of ether oxygens (including phenoxy) is 1. The van der Waals surface area contributed by atoms with E-state index in [0.29, 0.717) is 24.6 Å². The molecule has 7 heteroatoms. The van der Waals surface area contributed by atoms with Crippen molar-refractivity contribution in [3.05, 3.63) is 15.8 Å². The SMILES string of the molecule is CCCn1nc(C)c([N+](=O)[O-])c1NCC1CCCCO1. The van der Waals surface area contributed by atoms with E-state index in [1.807, 2.05) is 6.92 Å². The van der Waals surface area contributed by atoms with Crippen LogP contribution in [0.5, 0.6) is 0 Å². The minimum absolute atomic E-state index is 0.0780. The molecule has 2 heterocycles. The highest BCUT2D eigenvalue weighted by molar-refractivity contribution is 5.59. The first-order valence-corrected chi connectivity index (χ1v) is 7.20. The van der Waals surface area contributed by atoms with Crippen LogP contribution in [0.3, 0.4) is 0 Å². The summed E-state index contributed by atoms with van der Waals surface area (Å²) in [6.07, 6.45) is 4.27. The molecule has 1 saturated heterocycles. The molecule has 0 bridgehead atoms.